The maximum atomic E-state index is 11.9. The van der Waals surface area contributed by atoms with Gasteiger partial charge in [0.2, 0.25) is 10.0 Å². The average molecular weight is 299 g/mol. The van der Waals surface area contributed by atoms with Crippen LogP contribution in [0.3, 0.4) is 0 Å². The van der Waals surface area contributed by atoms with Gasteiger partial charge in [-0.05, 0) is 37.5 Å². The van der Waals surface area contributed by atoms with Gasteiger partial charge in [0.1, 0.15) is 0 Å². The monoisotopic (exact) mass is 299 g/mol. The number of aliphatic hydroxyl groups excluding tert-OH is 1. The fraction of sp³-hybridized carbons (Fsp3) is 0.462. The lowest BCUT2D eigenvalue weighted by Gasteiger charge is -2.12. The molecule has 0 spiro atoms. The van der Waals surface area contributed by atoms with Gasteiger partial charge in [0, 0.05) is 6.54 Å². The minimum absolute atomic E-state index is 0.0584. The Labute approximate surface area is 117 Å². The Balaban J connectivity index is 2.19. The molecule has 2 rings (SSSR count). The third-order valence-corrected chi connectivity index (χ3v) is 4.88. The van der Waals surface area contributed by atoms with Crippen molar-refractivity contribution in [1.82, 2.24) is 4.72 Å². The molecular weight excluding hydrogens is 282 g/mol. The first-order chi connectivity index (χ1) is 9.28. The van der Waals surface area contributed by atoms with Gasteiger partial charge in [-0.1, -0.05) is 12.1 Å². The van der Waals surface area contributed by atoms with Gasteiger partial charge < -0.3 is 10.2 Å². The maximum Gasteiger partial charge on any atom is 0.314 e. The van der Waals surface area contributed by atoms with Crippen LogP contribution in [0.25, 0.3) is 0 Å². The number of aliphatic carboxylic acids is 1. The van der Waals surface area contributed by atoms with Gasteiger partial charge in [-0.2, -0.15) is 0 Å². The van der Waals surface area contributed by atoms with E-state index < -0.39 is 27.5 Å². The second-order valence-electron chi connectivity index (χ2n) is 5.11. The molecule has 0 aliphatic heterocycles. The summed E-state index contributed by atoms with van der Waals surface area (Å²) in [5, 5.41) is 18.3. The first kappa shape index (κ1) is 15.0. The van der Waals surface area contributed by atoms with E-state index in [1.54, 1.807) is 0 Å². The predicted molar refractivity (Wildman–Crippen MR) is 71.9 cm³/mol. The van der Waals surface area contributed by atoms with Crippen molar-refractivity contribution in [3.05, 3.63) is 29.8 Å². The number of carbonyl (C=O) groups is 1. The van der Waals surface area contributed by atoms with Crippen LogP contribution in [-0.2, 0) is 20.2 Å². The topological polar surface area (TPSA) is 104 Å². The van der Waals surface area contributed by atoms with Crippen LogP contribution in [0.15, 0.2) is 29.2 Å². The predicted octanol–water partition coefficient (Wildman–Crippen LogP) is 0.462. The molecule has 1 aliphatic carbocycles. The van der Waals surface area contributed by atoms with Gasteiger partial charge in [0.25, 0.3) is 0 Å². The van der Waals surface area contributed by atoms with Crippen molar-refractivity contribution in [2.24, 2.45) is 0 Å². The molecule has 0 amide bonds. The van der Waals surface area contributed by atoms with E-state index in [0.717, 1.165) is 0 Å². The highest BCUT2D eigenvalue weighted by molar-refractivity contribution is 7.89. The molecule has 1 fully saturated rings. The zero-order valence-electron chi connectivity index (χ0n) is 11.0. The van der Waals surface area contributed by atoms with E-state index in [4.69, 9.17) is 5.11 Å². The normalized spacial score (nSPS) is 18.5. The Bertz CT molecular complexity index is 602. The molecular formula is C13H17NO5S. The second-order valence-corrected chi connectivity index (χ2v) is 6.88. The molecule has 1 aromatic rings. The Kier molecular flexibility index (Phi) is 3.86. The van der Waals surface area contributed by atoms with E-state index in [1.807, 2.05) is 0 Å². The van der Waals surface area contributed by atoms with Crippen molar-refractivity contribution < 1.29 is 23.4 Å². The van der Waals surface area contributed by atoms with Crippen molar-refractivity contribution in [3.8, 4) is 0 Å². The van der Waals surface area contributed by atoms with Crippen LogP contribution >= 0.6 is 0 Å². The Morgan fingerprint density at radius 3 is 2.30 bits per heavy atom. The summed E-state index contributed by atoms with van der Waals surface area (Å²) in [6, 6.07) is 5.86. The molecule has 3 N–H and O–H groups in total. The number of aliphatic hydroxyl groups is 1. The lowest BCUT2D eigenvalue weighted by Crippen LogP contribution is -2.30. The van der Waals surface area contributed by atoms with Crippen LogP contribution in [0.4, 0.5) is 0 Å². The highest BCUT2D eigenvalue weighted by atomic mass is 32.2. The largest absolute Gasteiger partial charge is 0.481 e. The molecule has 0 saturated heterocycles. The lowest BCUT2D eigenvalue weighted by molar-refractivity contribution is -0.140. The fourth-order valence-corrected chi connectivity index (χ4v) is 3.14. The third kappa shape index (κ3) is 2.84. The highest BCUT2D eigenvalue weighted by Gasteiger charge is 2.51. The molecule has 0 heterocycles. The van der Waals surface area contributed by atoms with Gasteiger partial charge >= 0.3 is 5.97 Å². The van der Waals surface area contributed by atoms with Crippen LogP contribution in [0, 0.1) is 0 Å². The number of sulfonamides is 1. The molecule has 1 aromatic carbocycles. The number of hydrogen-bond donors (Lipinski definition) is 3. The molecule has 0 aromatic heterocycles. The number of rotatable bonds is 6. The van der Waals surface area contributed by atoms with E-state index in [-0.39, 0.29) is 11.4 Å². The molecule has 20 heavy (non-hydrogen) atoms. The van der Waals surface area contributed by atoms with Gasteiger partial charge in [-0.25, -0.2) is 13.1 Å². The smallest absolute Gasteiger partial charge is 0.314 e. The Morgan fingerprint density at radius 2 is 1.90 bits per heavy atom. The standard InChI is InChI=1S/C13H17NO5S/c1-9(15)8-14-20(18,19)11-4-2-10(3-5-11)13(6-7-13)12(16)17/h2-5,9,14-15H,6-8H2,1H3,(H,16,17). The number of hydrogen-bond acceptors (Lipinski definition) is 4. The minimum Gasteiger partial charge on any atom is -0.481 e. The lowest BCUT2D eigenvalue weighted by atomic mass is 9.96. The molecule has 7 heteroatoms. The Morgan fingerprint density at radius 1 is 1.35 bits per heavy atom. The molecule has 6 nitrogen and oxygen atoms in total. The van der Waals surface area contributed by atoms with Crippen LogP contribution < -0.4 is 4.72 Å². The van der Waals surface area contributed by atoms with Crippen LogP contribution in [0.2, 0.25) is 0 Å². The number of benzene rings is 1. The van der Waals surface area contributed by atoms with E-state index in [1.165, 1.54) is 31.2 Å². The van der Waals surface area contributed by atoms with Crippen LogP contribution in [-0.4, -0.2) is 37.2 Å². The first-order valence-electron chi connectivity index (χ1n) is 6.30. The summed E-state index contributed by atoms with van der Waals surface area (Å²) in [6.07, 6.45) is 0.384. The van der Waals surface area contributed by atoms with Gasteiger partial charge in [0.15, 0.2) is 0 Å². The number of carboxylic acids is 1. The molecule has 110 valence electrons. The summed E-state index contributed by atoms with van der Waals surface area (Å²) in [5.41, 5.74) is -0.213. The molecule has 1 aliphatic rings. The SMILES string of the molecule is CC(O)CNS(=O)(=O)c1ccc(C2(C(=O)O)CC2)cc1. The van der Waals surface area contributed by atoms with Crippen LogP contribution in [0.5, 0.6) is 0 Å². The second kappa shape index (κ2) is 5.16. The van der Waals surface area contributed by atoms with Gasteiger partial charge in [0.05, 0.1) is 16.4 Å². The van der Waals surface area contributed by atoms with E-state index in [0.29, 0.717) is 18.4 Å². The highest BCUT2D eigenvalue weighted by Crippen LogP contribution is 2.48. The zero-order valence-corrected chi connectivity index (χ0v) is 11.9. The molecule has 1 saturated carbocycles. The summed E-state index contributed by atoms with van der Waals surface area (Å²) in [4.78, 5) is 11.2. The quantitative estimate of drug-likeness (QED) is 0.708. The van der Waals surface area contributed by atoms with Crippen LogP contribution in [0.1, 0.15) is 25.3 Å². The molecule has 0 bridgehead atoms. The molecule has 1 atom stereocenters. The number of nitrogens with one attached hydrogen (secondary N) is 1. The van der Waals surface area contributed by atoms with Gasteiger partial charge in [-0.15, -0.1) is 0 Å². The zero-order chi connectivity index (χ0) is 15.0. The van der Waals surface area contributed by atoms with Crippen molar-refractivity contribution in [1.29, 1.82) is 0 Å². The first-order valence-corrected chi connectivity index (χ1v) is 7.78. The van der Waals surface area contributed by atoms with Crippen molar-refractivity contribution in [2.75, 3.05) is 6.54 Å². The molecule has 1 unspecified atom stereocenters. The van der Waals surface area contributed by atoms with Crippen molar-refractivity contribution in [2.45, 2.75) is 36.2 Å². The molecule has 0 radical (unpaired) electrons. The summed E-state index contributed by atoms with van der Waals surface area (Å²) >= 11 is 0. The van der Waals surface area contributed by atoms with E-state index in [9.17, 15) is 18.3 Å². The number of carboxylic acid groups (broad SMARTS) is 1. The van der Waals surface area contributed by atoms with Crippen molar-refractivity contribution >= 4 is 16.0 Å². The summed E-state index contributed by atoms with van der Waals surface area (Å²) in [5.74, 6) is -0.875. The van der Waals surface area contributed by atoms with Crippen molar-refractivity contribution in [3.63, 3.8) is 0 Å². The summed E-state index contributed by atoms with van der Waals surface area (Å²) in [7, 11) is -3.67. The van der Waals surface area contributed by atoms with E-state index in [2.05, 4.69) is 4.72 Å². The maximum absolute atomic E-state index is 11.9. The Hall–Kier alpha value is -1.44. The fourth-order valence-electron chi connectivity index (χ4n) is 2.02. The minimum atomic E-state index is -3.67. The summed E-state index contributed by atoms with van der Waals surface area (Å²) in [6.45, 7) is 1.42. The average Bonchev–Trinajstić information content (AvgIpc) is 3.18. The summed E-state index contributed by atoms with van der Waals surface area (Å²) < 4.78 is 26.1. The van der Waals surface area contributed by atoms with E-state index >= 15 is 0 Å². The van der Waals surface area contributed by atoms with Gasteiger partial charge in [-0.3, -0.25) is 4.79 Å². The third-order valence-electron chi connectivity index (χ3n) is 3.45.